The summed E-state index contributed by atoms with van der Waals surface area (Å²) in [5.41, 5.74) is 5.08. The summed E-state index contributed by atoms with van der Waals surface area (Å²) >= 11 is 0. The second kappa shape index (κ2) is 10.7. The topological polar surface area (TPSA) is 97.1 Å². The van der Waals surface area contributed by atoms with E-state index in [0.29, 0.717) is 34.0 Å². The maximum atomic E-state index is 13.1. The van der Waals surface area contributed by atoms with Gasteiger partial charge in [0.25, 0.3) is 11.8 Å². The third-order valence-corrected chi connectivity index (χ3v) is 5.81. The summed E-state index contributed by atoms with van der Waals surface area (Å²) in [5.74, 6) is 0.506. The molecule has 182 valence electrons. The number of nitrogens with zero attached hydrogens (tertiary/aromatic N) is 2. The number of amides is 2. The number of carbonyl (C=O) groups is 2. The Morgan fingerprint density at radius 1 is 0.865 bits per heavy atom. The molecule has 2 heterocycles. The minimum Gasteiger partial charge on any atom is -0.436 e. The van der Waals surface area contributed by atoms with E-state index in [1.165, 1.54) is 6.20 Å². The summed E-state index contributed by atoms with van der Waals surface area (Å²) in [6.45, 7) is 2.31. The van der Waals surface area contributed by atoms with Crippen molar-refractivity contribution in [3.8, 4) is 22.8 Å². The van der Waals surface area contributed by atoms with Crippen LogP contribution in [0.1, 0.15) is 31.8 Å². The smallest absolute Gasteiger partial charge is 0.257 e. The van der Waals surface area contributed by atoms with Gasteiger partial charge >= 0.3 is 0 Å². The maximum Gasteiger partial charge on any atom is 0.257 e. The van der Waals surface area contributed by atoms with E-state index < -0.39 is 0 Å². The molecule has 0 bridgehead atoms. The second-order valence-electron chi connectivity index (χ2n) is 8.52. The van der Waals surface area contributed by atoms with Crippen molar-refractivity contribution in [3.63, 3.8) is 0 Å². The molecule has 0 aliphatic carbocycles. The Balaban J connectivity index is 1.28. The first kappa shape index (κ1) is 23.7. The number of carbonyl (C=O) groups excluding carboxylic acids is 2. The molecule has 7 nitrogen and oxygen atoms in total. The van der Waals surface area contributed by atoms with Crippen molar-refractivity contribution in [1.82, 2.24) is 15.3 Å². The van der Waals surface area contributed by atoms with Crippen LogP contribution in [0.5, 0.6) is 0 Å². The molecule has 3 aromatic carbocycles. The molecule has 0 saturated heterocycles. The Morgan fingerprint density at radius 3 is 2.51 bits per heavy atom. The van der Waals surface area contributed by atoms with Gasteiger partial charge in [-0.3, -0.25) is 14.6 Å². The number of benzene rings is 3. The van der Waals surface area contributed by atoms with E-state index in [4.69, 9.17) is 4.42 Å². The van der Waals surface area contributed by atoms with Crippen LogP contribution >= 0.6 is 0 Å². The number of aryl methyl sites for hydroxylation is 1. The predicted octanol–water partition coefficient (Wildman–Crippen LogP) is 5.89. The highest BCUT2D eigenvalue weighted by Crippen LogP contribution is 2.28. The molecule has 0 unspecified atom stereocenters. The van der Waals surface area contributed by atoms with Crippen LogP contribution in [0.25, 0.3) is 22.8 Å². The van der Waals surface area contributed by atoms with E-state index in [1.54, 1.807) is 42.7 Å². The van der Waals surface area contributed by atoms with Gasteiger partial charge in [0.05, 0.1) is 17.3 Å². The van der Waals surface area contributed by atoms with Crippen molar-refractivity contribution in [2.45, 2.75) is 13.5 Å². The van der Waals surface area contributed by atoms with Gasteiger partial charge in [0, 0.05) is 35.8 Å². The molecule has 2 N–H and O–H groups in total. The third-order valence-electron chi connectivity index (χ3n) is 5.81. The zero-order chi connectivity index (χ0) is 25.6. The molecule has 0 atom stereocenters. The third kappa shape index (κ3) is 5.62. The van der Waals surface area contributed by atoms with E-state index in [0.717, 1.165) is 16.7 Å². The molecular formula is C30H24N4O3. The predicted molar refractivity (Wildman–Crippen MR) is 142 cm³/mol. The fourth-order valence-electron chi connectivity index (χ4n) is 3.85. The van der Waals surface area contributed by atoms with Crippen LogP contribution in [0.3, 0.4) is 0 Å². The van der Waals surface area contributed by atoms with Crippen molar-refractivity contribution in [1.29, 1.82) is 0 Å². The van der Waals surface area contributed by atoms with Crippen LogP contribution in [0.4, 0.5) is 5.69 Å². The number of hydrogen-bond acceptors (Lipinski definition) is 5. The summed E-state index contributed by atoms with van der Waals surface area (Å²) in [7, 11) is 0. The van der Waals surface area contributed by atoms with Crippen molar-refractivity contribution in [2.24, 2.45) is 0 Å². The largest absolute Gasteiger partial charge is 0.436 e. The van der Waals surface area contributed by atoms with Gasteiger partial charge in [0.1, 0.15) is 0 Å². The molecule has 0 aliphatic heterocycles. The lowest BCUT2D eigenvalue weighted by Crippen LogP contribution is -2.23. The van der Waals surface area contributed by atoms with Gasteiger partial charge in [-0.2, -0.15) is 0 Å². The minimum absolute atomic E-state index is 0.251. The minimum atomic E-state index is -0.254. The quantitative estimate of drug-likeness (QED) is 0.298. The fraction of sp³-hybridized carbons (Fsp3) is 0.0667. The average molecular weight is 489 g/mol. The van der Waals surface area contributed by atoms with Gasteiger partial charge in [-0.25, -0.2) is 4.98 Å². The first-order valence-electron chi connectivity index (χ1n) is 11.8. The molecule has 0 fully saturated rings. The number of pyridine rings is 1. The first-order chi connectivity index (χ1) is 18.1. The zero-order valence-corrected chi connectivity index (χ0v) is 20.1. The summed E-state index contributed by atoms with van der Waals surface area (Å²) in [5, 5.41) is 5.81. The summed E-state index contributed by atoms with van der Waals surface area (Å²) < 4.78 is 6.00. The van der Waals surface area contributed by atoms with Gasteiger partial charge in [-0.15, -0.1) is 0 Å². The lowest BCUT2D eigenvalue weighted by atomic mass is 10.1. The number of oxazole rings is 1. The Hall–Kier alpha value is -5.04. The van der Waals surface area contributed by atoms with Crippen LogP contribution in [0.2, 0.25) is 0 Å². The number of aromatic nitrogens is 2. The maximum absolute atomic E-state index is 13.1. The Labute approximate surface area is 214 Å². The van der Waals surface area contributed by atoms with Gasteiger partial charge in [-0.1, -0.05) is 54.1 Å². The van der Waals surface area contributed by atoms with Crippen molar-refractivity contribution < 1.29 is 14.0 Å². The molecule has 2 amide bonds. The highest BCUT2D eigenvalue weighted by atomic mass is 16.4. The van der Waals surface area contributed by atoms with E-state index >= 15 is 0 Å². The van der Waals surface area contributed by atoms with Crippen molar-refractivity contribution in [3.05, 3.63) is 126 Å². The van der Waals surface area contributed by atoms with Gasteiger partial charge in [0.15, 0.2) is 5.76 Å². The van der Waals surface area contributed by atoms with Gasteiger partial charge < -0.3 is 15.1 Å². The van der Waals surface area contributed by atoms with E-state index in [2.05, 4.69) is 20.6 Å². The number of nitrogens with one attached hydrogen (secondary N) is 2. The summed E-state index contributed by atoms with van der Waals surface area (Å²) in [6.07, 6.45) is 4.79. The zero-order valence-electron chi connectivity index (χ0n) is 20.1. The fourth-order valence-corrected chi connectivity index (χ4v) is 3.85. The standard InChI is InChI=1S/C30H24N4O3/c1-20-11-13-22(14-12-20)27-19-33-30(37-27)26-10-3-2-9-25(26)29(36)32-17-21-6-4-8-24(16-21)34-28(35)23-7-5-15-31-18-23/h2-16,18-19H,17H2,1H3,(H,32,36)(H,34,35). The normalized spacial score (nSPS) is 10.6. The molecule has 5 rings (SSSR count). The Bertz CT molecular complexity index is 1540. The van der Waals surface area contributed by atoms with Crippen LogP contribution < -0.4 is 10.6 Å². The Kier molecular flexibility index (Phi) is 6.85. The summed E-state index contributed by atoms with van der Waals surface area (Å²) in [6, 6.07) is 25.9. The van der Waals surface area contributed by atoms with E-state index in [-0.39, 0.29) is 18.4 Å². The van der Waals surface area contributed by atoms with Crippen molar-refractivity contribution >= 4 is 17.5 Å². The number of rotatable bonds is 7. The van der Waals surface area contributed by atoms with Crippen molar-refractivity contribution in [2.75, 3.05) is 5.32 Å². The van der Waals surface area contributed by atoms with E-state index in [1.807, 2.05) is 61.5 Å². The average Bonchev–Trinajstić information content (AvgIpc) is 3.43. The number of anilines is 1. The molecule has 0 radical (unpaired) electrons. The molecule has 37 heavy (non-hydrogen) atoms. The highest BCUT2D eigenvalue weighted by molar-refractivity contribution is 6.04. The van der Waals surface area contributed by atoms with E-state index in [9.17, 15) is 9.59 Å². The van der Waals surface area contributed by atoms with Gasteiger partial charge in [0.2, 0.25) is 5.89 Å². The molecular weight excluding hydrogens is 464 g/mol. The molecule has 7 heteroatoms. The lowest BCUT2D eigenvalue weighted by molar-refractivity contribution is 0.0950. The van der Waals surface area contributed by atoms with Gasteiger partial charge in [-0.05, 0) is 48.9 Å². The highest BCUT2D eigenvalue weighted by Gasteiger charge is 2.17. The SMILES string of the molecule is Cc1ccc(-c2cnc(-c3ccccc3C(=O)NCc3cccc(NC(=O)c4cccnc4)c3)o2)cc1. The number of hydrogen-bond donors (Lipinski definition) is 2. The monoisotopic (exact) mass is 488 g/mol. The van der Waals surface area contributed by atoms with Crippen LogP contribution in [0, 0.1) is 6.92 Å². The lowest BCUT2D eigenvalue weighted by Gasteiger charge is -2.10. The second-order valence-corrected chi connectivity index (χ2v) is 8.52. The molecule has 2 aromatic heterocycles. The van der Waals surface area contributed by atoms with Crippen LogP contribution in [0.15, 0.2) is 108 Å². The molecule has 5 aromatic rings. The Morgan fingerprint density at radius 2 is 1.70 bits per heavy atom. The summed E-state index contributed by atoms with van der Waals surface area (Å²) in [4.78, 5) is 33.9. The molecule has 0 aliphatic rings. The first-order valence-corrected chi connectivity index (χ1v) is 11.8. The van der Waals surface area contributed by atoms with Crippen LogP contribution in [-0.2, 0) is 6.54 Å². The molecule has 0 spiro atoms. The van der Waals surface area contributed by atoms with Crippen LogP contribution in [-0.4, -0.2) is 21.8 Å². The molecule has 0 saturated carbocycles.